The minimum atomic E-state index is -1.14. The van der Waals surface area contributed by atoms with E-state index in [2.05, 4.69) is 5.32 Å². The van der Waals surface area contributed by atoms with E-state index in [1.54, 1.807) is 53.1 Å². The lowest BCUT2D eigenvalue weighted by Gasteiger charge is -2.67. The maximum Gasteiger partial charge on any atom is 0.254 e. The summed E-state index contributed by atoms with van der Waals surface area (Å²) in [6.45, 7) is 7.00. The molecule has 0 spiro atoms. The summed E-state index contributed by atoms with van der Waals surface area (Å²) < 4.78 is 28.5. The molecule has 1 amide bonds. The van der Waals surface area contributed by atoms with E-state index in [0.29, 0.717) is 45.1 Å². The molecule has 4 fully saturated rings. The predicted molar refractivity (Wildman–Crippen MR) is 166 cm³/mol. The minimum Gasteiger partial charge on any atom is -0.490 e. The quantitative estimate of drug-likeness (QED) is 0.313. The summed E-state index contributed by atoms with van der Waals surface area (Å²) in [4.78, 5) is 25.7. The molecule has 4 aliphatic carbocycles. The molecule has 2 aromatic carbocycles. The molecule has 0 unspecified atom stereocenters. The number of halogens is 1. The SMILES string of the molecule is Cc1cc(F)cc(C)c1Oc1ccc(C(C)(C)O)cc1-c1cn(C)c(=O)cc1O[C@H]1CC[C@H](NC(=O)C23CC(N)(C2)C3)CC1. The third-order valence-electron chi connectivity index (χ3n) is 9.66. The van der Waals surface area contributed by atoms with Crippen LogP contribution in [0.1, 0.15) is 75.5 Å². The fourth-order valence-electron chi connectivity index (χ4n) is 7.24. The van der Waals surface area contributed by atoms with Crippen LogP contribution in [0.2, 0.25) is 0 Å². The number of rotatable bonds is 8. The number of aryl methyl sites for hydroxylation is 3. The van der Waals surface area contributed by atoms with Crippen molar-refractivity contribution in [2.24, 2.45) is 18.2 Å². The average molecular weight is 604 g/mol. The fourth-order valence-corrected chi connectivity index (χ4v) is 7.24. The second-order valence-corrected chi connectivity index (χ2v) is 14.0. The van der Waals surface area contributed by atoms with E-state index in [9.17, 15) is 19.1 Å². The van der Waals surface area contributed by atoms with Crippen molar-refractivity contribution in [2.75, 3.05) is 0 Å². The van der Waals surface area contributed by atoms with Gasteiger partial charge in [-0.15, -0.1) is 0 Å². The van der Waals surface area contributed by atoms with Gasteiger partial charge < -0.3 is 30.2 Å². The number of nitrogens with two attached hydrogens (primary N) is 1. The summed E-state index contributed by atoms with van der Waals surface area (Å²) in [5, 5.41) is 14.1. The Morgan fingerprint density at radius 1 is 1.02 bits per heavy atom. The van der Waals surface area contributed by atoms with Crippen LogP contribution in [0, 0.1) is 25.1 Å². The van der Waals surface area contributed by atoms with Crippen molar-refractivity contribution >= 4 is 5.91 Å². The Balaban J connectivity index is 1.27. The monoisotopic (exact) mass is 603 g/mol. The highest BCUT2D eigenvalue weighted by Crippen LogP contribution is 2.65. The fraction of sp³-hybridized carbons (Fsp3) is 0.486. The Morgan fingerprint density at radius 3 is 2.25 bits per heavy atom. The zero-order valence-electron chi connectivity index (χ0n) is 26.1. The molecule has 3 aromatic rings. The third-order valence-corrected chi connectivity index (χ3v) is 9.66. The van der Waals surface area contributed by atoms with Crippen LogP contribution >= 0.6 is 0 Å². The zero-order valence-corrected chi connectivity index (χ0v) is 26.1. The summed E-state index contributed by atoms with van der Waals surface area (Å²) >= 11 is 0. The van der Waals surface area contributed by atoms with Gasteiger partial charge in [-0.25, -0.2) is 4.39 Å². The largest absolute Gasteiger partial charge is 0.490 e. The molecular formula is C35H42FN3O5. The second-order valence-electron chi connectivity index (χ2n) is 14.0. The van der Waals surface area contributed by atoms with E-state index in [-0.39, 0.29) is 40.4 Å². The lowest BCUT2D eigenvalue weighted by molar-refractivity contribution is -0.173. The van der Waals surface area contributed by atoms with Crippen LogP contribution in [0.25, 0.3) is 11.1 Å². The molecule has 234 valence electrons. The van der Waals surface area contributed by atoms with E-state index in [1.807, 2.05) is 6.07 Å². The van der Waals surface area contributed by atoms with Crippen LogP contribution in [0.15, 0.2) is 47.4 Å². The Labute approximate surface area is 257 Å². The first kappa shape index (κ1) is 30.3. The summed E-state index contributed by atoms with van der Waals surface area (Å²) in [6.07, 6.45) is 6.98. The number of ether oxygens (including phenoxy) is 2. The zero-order chi connectivity index (χ0) is 31.6. The summed E-state index contributed by atoms with van der Waals surface area (Å²) in [5.74, 6) is 1.24. The summed E-state index contributed by atoms with van der Waals surface area (Å²) in [6, 6.07) is 9.87. The molecule has 0 atom stereocenters. The molecule has 0 radical (unpaired) electrons. The second kappa shape index (κ2) is 10.7. The molecule has 8 nitrogen and oxygen atoms in total. The van der Waals surface area contributed by atoms with Crippen LogP contribution in [-0.2, 0) is 17.4 Å². The van der Waals surface area contributed by atoms with Crippen molar-refractivity contribution in [3.05, 3.63) is 75.5 Å². The lowest BCUT2D eigenvalue weighted by atomic mass is 9.39. The Kier molecular flexibility index (Phi) is 7.40. The average Bonchev–Trinajstić information content (AvgIpc) is 2.91. The van der Waals surface area contributed by atoms with Gasteiger partial charge in [0.25, 0.3) is 5.56 Å². The topological polar surface area (TPSA) is 116 Å². The molecule has 0 saturated heterocycles. The molecule has 7 rings (SSSR count). The van der Waals surface area contributed by atoms with Crippen molar-refractivity contribution in [3.8, 4) is 28.4 Å². The molecule has 4 saturated carbocycles. The van der Waals surface area contributed by atoms with Crippen molar-refractivity contribution in [2.45, 2.75) is 95.9 Å². The first-order chi connectivity index (χ1) is 20.6. The minimum absolute atomic E-state index is 0.0962. The first-order valence-electron chi connectivity index (χ1n) is 15.4. The number of aliphatic hydroxyl groups is 1. The van der Waals surface area contributed by atoms with Gasteiger partial charge in [0.05, 0.1) is 17.1 Å². The third kappa shape index (κ3) is 5.63. The number of carbonyl (C=O) groups excluding carboxylic acids is 1. The van der Waals surface area contributed by atoms with E-state index in [4.69, 9.17) is 15.2 Å². The molecule has 2 bridgehead atoms. The van der Waals surface area contributed by atoms with E-state index in [1.165, 1.54) is 22.8 Å². The molecular weight excluding hydrogens is 561 g/mol. The summed E-state index contributed by atoms with van der Waals surface area (Å²) in [7, 11) is 1.68. The van der Waals surface area contributed by atoms with Crippen LogP contribution in [0.3, 0.4) is 0 Å². The standard InChI is InChI=1S/C35H42FN3O5/c1-20-12-23(36)13-21(2)31(20)44-28-11-6-22(33(3,4)42)14-26(28)27-16-39(5)30(40)15-29(27)43-25-9-7-24(8-10-25)38-32(41)34-17-35(37,18-34)19-34/h6,11-16,24-25,42H,7-10,17-19,37H2,1-5H3,(H,38,41)/t24-,25-,34?,35?. The molecule has 4 aliphatic rings. The molecule has 1 heterocycles. The number of hydrogen-bond donors (Lipinski definition) is 3. The van der Waals surface area contributed by atoms with Gasteiger partial charge in [-0.1, -0.05) is 6.07 Å². The summed E-state index contributed by atoms with van der Waals surface area (Å²) in [5.41, 5.74) is 7.68. The van der Waals surface area contributed by atoms with Crippen LogP contribution in [0.5, 0.6) is 17.2 Å². The van der Waals surface area contributed by atoms with Gasteiger partial charge in [-0.2, -0.15) is 0 Å². The maximum absolute atomic E-state index is 14.0. The van der Waals surface area contributed by atoms with Crippen molar-refractivity contribution in [1.29, 1.82) is 0 Å². The van der Waals surface area contributed by atoms with Crippen LogP contribution in [-0.4, -0.2) is 33.3 Å². The highest BCUT2D eigenvalue weighted by molar-refractivity contribution is 5.87. The van der Waals surface area contributed by atoms with Gasteiger partial charge in [-0.05, 0) is 114 Å². The molecule has 1 aromatic heterocycles. The van der Waals surface area contributed by atoms with Gasteiger partial charge in [0.15, 0.2) is 0 Å². The first-order valence-corrected chi connectivity index (χ1v) is 15.4. The van der Waals surface area contributed by atoms with E-state index < -0.39 is 5.60 Å². The van der Waals surface area contributed by atoms with Gasteiger partial charge in [0, 0.05) is 42.0 Å². The van der Waals surface area contributed by atoms with Gasteiger partial charge in [0.1, 0.15) is 23.1 Å². The van der Waals surface area contributed by atoms with Gasteiger partial charge in [0.2, 0.25) is 5.91 Å². The molecule has 4 N–H and O–H groups in total. The van der Waals surface area contributed by atoms with Crippen LogP contribution in [0.4, 0.5) is 4.39 Å². The smallest absolute Gasteiger partial charge is 0.254 e. The van der Waals surface area contributed by atoms with E-state index >= 15 is 0 Å². The van der Waals surface area contributed by atoms with Crippen molar-refractivity contribution < 1.29 is 23.8 Å². The van der Waals surface area contributed by atoms with Crippen molar-refractivity contribution in [1.82, 2.24) is 9.88 Å². The molecule has 9 heteroatoms. The highest BCUT2D eigenvalue weighted by Gasteiger charge is 2.69. The number of hydrogen-bond acceptors (Lipinski definition) is 6. The predicted octanol–water partition coefficient (Wildman–Crippen LogP) is 5.52. The molecule has 0 aliphatic heterocycles. The van der Waals surface area contributed by atoms with E-state index in [0.717, 1.165) is 44.9 Å². The number of pyridine rings is 1. The van der Waals surface area contributed by atoms with Crippen LogP contribution < -0.4 is 26.1 Å². The Bertz CT molecular complexity index is 1640. The maximum atomic E-state index is 14.0. The van der Waals surface area contributed by atoms with Gasteiger partial charge in [-0.3, -0.25) is 9.59 Å². The number of amides is 1. The highest BCUT2D eigenvalue weighted by atomic mass is 19.1. The Morgan fingerprint density at radius 2 is 1.66 bits per heavy atom. The normalized spacial score (nSPS) is 25.9. The Hall–Kier alpha value is -3.69. The van der Waals surface area contributed by atoms with Gasteiger partial charge >= 0.3 is 0 Å². The number of nitrogens with zero attached hydrogens (tertiary/aromatic N) is 1. The number of benzene rings is 2. The van der Waals surface area contributed by atoms with Crippen molar-refractivity contribution in [3.63, 3.8) is 0 Å². The molecule has 44 heavy (non-hydrogen) atoms. The lowest BCUT2D eigenvalue weighted by Crippen LogP contribution is -2.76. The number of carbonyl (C=O) groups is 1. The number of nitrogens with one attached hydrogen (secondary N) is 1. The number of aromatic nitrogens is 1.